The van der Waals surface area contributed by atoms with E-state index >= 15 is 0 Å². The zero-order chi connectivity index (χ0) is 22.8. The molecule has 2 fully saturated rings. The van der Waals surface area contributed by atoms with Gasteiger partial charge in [-0.25, -0.2) is 4.79 Å². The van der Waals surface area contributed by atoms with Crippen molar-refractivity contribution in [3.63, 3.8) is 0 Å². The molecule has 1 aromatic carbocycles. The fourth-order valence-corrected chi connectivity index (χ4v) is 4.95. The third-order valence-electron chi connectivity index (χ3n) is 6.82. The number of alkyl carbamates (subject to hydrolysis) is 1. The minimum absolute atomic E-state index is 0.0524. The Bertz CT molecular complexity index is 1020. The first-order valence-electron chi connectivity index (χ1n) is 11.6. The van der Waals surface area contributed by atoms with Gasteiger partial charge in [-0.15, -0.1) is 0 Å². The Morgan fingerprint density at radius 2 is 2.18 bits per heavy atom. The molecule has 4 atom stereocenters. The third-order valence-corrected chi connectivity index (χ3v) is 6.82. The smallest absolute Gasteiger partial charge is 0.407 e. The van der Waals surface area contributed by atoms with Crippen molar-refractivity contribution in [2.24, 2.45) is 0 Å². The first-order valence-corrected chi connectivity index (χ1v) is 11.6. The van der Waals surface area contributed by atoms with Gasteiger partial charge in [-0.05, 0) is 38.7 Å². The Balaban J connectivity index is 1.10. The summed E-state index contributed by atoms with van der Waals surface area (Å²) in [7, 11) is 0. The molecule has 3 heterocycles. The average Bonchev–Trinajstić information content (AvgIpc) is 3.57. The molecule has 0 radical (unpaired) electrons. The van der Waals surface area contributed by atoms with Crippen LogP contribution in [0.5, 0.6) is 5.75 Å². The van der Waals surface area contributed by atoms with Crippen LogP contribution in [0.2, 0.25) is 0 Å². The summed E-state index contributed by atoms with van der Waals surface area (Å²) in [6, 6.07) is 9.71. The summed E-state index contributed by atoms with van der Waals surface area (Å²) in [5, 5.41) is 13.1. The van der Waals surface area contributed by atoms with Gasteiger partial charge in [0.25, 0.3) is 0 Å². The number of aromatic amines is 1. The van der Waals surface area contributed by atoms with Crippen LogP contribution in [0, 0.1) is 0 Å². The Kier molecular flexibility index (Phi) is 5.97. The molecule has 0 bridgehead atoms. The number of carbonyl (C=O) groups is 2. The number of rotatable bonds is 6. The quantitative estimate of drug-likeness (QED) is 0.616. The number of para-hydroxylation sites is 1. The van der Waals surface area contributed by atoms with Crippen LogP contribution in [-0.4, -0.2) is 53.7 Å². The van der Waals surface area contributed by atoms with Gasteiger partial charge in [-0.3, -0.25) is 9.89 Å². The normalized spacial score (nSPS) is 28.2. The van der Waals surface area contributed by atoms with Crippen LogP contribution in [0.25, 0.3) is 0 Å². The maximum Gasteiger partial charge on any atom is 0.407 e. The van der Waals surface area contributed by atoms with Gasteiger partial charge in [-0.2, -0.15) is 5.10 Å². The summed E-state index contributed by atoms with van der Waals surface area (Å²) in [6.45, 7) is 3.65. The number of benzene rings is 1. The third kappa shape index (κ3) is 4.98. The van der Waals surface area contributed by atoms with Gasteiger partial charge in [0.2, 0.25) is 5.91 Å². The number of H-pyrrole nitrogens is 1. The number of fused-ring (bicyclic) bond motifs is 1. The number of carbonyl (C=O) groups excluding carboxylic acids is 2. The number of amides is 2. The first kappa shape index (κ1) is 21.8. The van der Waals surface area contributed by atoms with Gasteiger partial charge in [0, 0.05) is 42.2 Å². The van der Waals surface area contributed by atoms with Crippen molar-refractivity contribution in [1.29, 1.82) is 0 Å². The maximum atomic E-state index is 12.6. The molecule has 1 saturated carbocycles. The molecule has 2 aliphatic heterocycles. The molecule has 1 saturated heterocycles. The molecular weight excluding hydrogens is 424 g/mol. The zero-order valence-corrected chi connectivity index (χ0v) is 18.8. The maximum absolute atomic E-state index is 12.6. The molecule has 1 aromatic heterocycles. The van der Waals surface area contributed by atoms with E-state index in [9.17, 15) is 9.59 Å². The number of ether oxygens (including phenoxy) is 3. The second-order valence-corrected chi connectivity index (χ2v) is 9.53. The largest absolute Gasteiger partial charge is 0.493 e. The van der Waals surface area contributed by atoms with Crippen LogP contribution >= 0.6 is 0 Å². The summed E-state index contributed by atoms with van der Waals surface area (Å²) in [5.74, 6) is 1.54. The molecule has 3 N–H and O–H groups in total. The fraction of sp³-hybridized carbons (Fsp3) is 0.542. The molecule has 33 heavy (non-hydrogen) atoms. The van der Waals surface area contributed by atoms with E-state index in [0.717, 1.165) is 42.7 Å². The fourth-order valence-electron chi connectivity index (χ4n) is 4.95. The molecule has 2 aromatic rings. The topological polar surface area (TPSA) is 115 Å². The molecule has 2 amide bonds. The van der Waals surface area contributed by atoms with Gasteiger partial charge in [-0.1, -0.05) is 18.2 Å². The van der Waals surface area contributed by atoms with E-state index in [1.165, 1.54) is 0 Å². The first-order chi connectivity index (χ1) is 16.0. The van der Waals surface area contributed by atoms with Gasteiger partial charge in [0.15, 0.2) is 5.82 Å². The summed E-state index contributed by atoms with van der Waals surface area (Å²) in [6.07, 6.45) is 3.04. The van der Waals surface area contributed by atoms with Gasteiger partial charge in [0.1, 0.15) is 11.9 Å². The Hall–Kier alpha value is -3.07. The lowest BCUT2D eigenvalue weighted by Crippen LogP contribution is -2.47. The summed E-state index contributed by atoms with van der Waals surface area (Å²) < 4.78 is 16.7. The molecule has 2 unspecified atom stereocenters. The molecule has 9 nitrogen and oxygen atoms in total. The van der Waals surface area contributed by atoms with E-state index in [4.69, 9.17) is 14.2 Å². The van der Waals surface area contributed by atoms with Crippen LogP contribution in [0.4, 0.5) is 10.6 Å². The van der Waals surface area contributed by atoms with E-state index < -0.39 is 0 Å². The highest BCUT2D eigenvalue weighted by Crippen LogP contribution is 2.37. The number of hydrogen-bond acceptors (Lipinski definition) is 6. The van der Waals surface area contributed by atoms with E-state index in [1.54, 1.807) is 0 Å². The number of aromatic nitrogens is 2. The SMILES string of the molecule is CC1(NC(=O)O[C@@H]2CC[C@H](c3cc(NC(=O)CC4COc5ccccc54)n[nH]3)C2)CCOC1. The van der Waals surface area contributed by atoms with E-state index in [0.29, 0.717) is 32.1 Å². The Labute approximate surface area is 192 Å². The van der Waals surface area contributed by atoms with Gasteiger partial charge in [0.05, 0.1) is 18.8 Å². The van der Waals surface area contributed by atoms with Crippen molar-refractivity contribution in [3.8, 4) is 5.75 Å². The van der Waals surface area contributed by atoms with Crippen molar-refractivity contribution in [2.75, 3.05) is 25.1 Å². The van der Waals surface area contributed by atoms with Crippen molar-refractivity contribution >= 4 is 17.8 Å². The molecule has 3 aliphatic rings. The summed E-state index contributed by atoms with van der Waals surface area (Å²) in [5.41, 5.74) is 1.67. The highest BCUT2D eigenvalue weighted by Gasteiger charge is 2.35. The van der Waals surface area contributed by atoms with Gasteiger partial charge >= 0.3 is 6.09 Å². The molecular formula is C24H30N4O5. The van der Waals surface area contributed by atoms with E-state index in [2.05, 4.69) is 20.8 Å². The lowest BCUT2D eigenvalue weighted by molar-refractivity contribution is -0.116. The monoisotopic (exact) mass is 454 g/mol. The number of nitrogens with one attached hydrogen (secondary N) is 3. The van der Waals surface area contributed by atoms with Crippen LogP contribution in [-0.2, 0) is 14.3 Å². The second kappa shape index (κ2) is 9.05. The predicted molar refractivity (Wildman–Crippen MR) is 120 cm³/mol. The predicted octanol–water partition coefficient (Wildman–Crippen LogP) is 3.46. The second-order valence-electron chi connectivity index (χ2n) is 9.53. The molecule has 5 rings (SSSR count). The van der Waals surface area contributed by atoms with Crippen LogP contribution in [0.3, 0.4) is 0 Å². The zero-order valence-electron chi connectivity index (χ0n) is 18.8. The van der Waals surface area contributed by atoms with Crippen molar-refractivity contribution in [3.05, 3.63) is 41.6 Å². The van der Waals surface area contributed by atoms with Gasteiger partial charge < -0.3 is 24.8 Å². The van der Waals surface area contributed by atoms with Crippen molar-refractivity contribution < 1.29 is 23.8 Å². The molecule has 0 spiro atoms. The van der Waals surface area contributed by atoms with Crippen LogP contribution < -0.4 is 15.4 Å². The summed E-state index contributed by atoms with van der Waals surface area (Å²) >= 11 is 0. The minimum atomic E-state index is -0.385. The average molecular weight is 455 g/mol. The highest BCUT2D eigenvalue weighted by molar-refractivity contribution is 5.90. The molecule has 9 heteroatoms. The Morgan fingerprint density at radius 3 is 3.03 bits per heavy atom. The van der Waals surface area contributed by atoms with E-state index in [-0.39, 0.29) is 35.5 Å². The minimum Gasteiger partial charge on any atom is -0.493 e. The molecule has 176 valence electrons. The van der Waals surface area contributed by atoms with Crippen molar-refractivity contribution in [1.82, 2.24) is 15.5 Å². The number of hydrogen-bond donors (Lipinski definition) is 3. The highest BCUT2D eigenvalue weighted by atomic mass is 16.6. The Morgan fingerprint density at radius 1 is 1.30 bits per heavy atom. The lowest BCUT2D eigenvalue weighted by atomic mass is 9.97. The summed E-state index contributed by atoms with van der Waals surface area (Å²) in [4.78, 5) is 24.8. The molecule has 1 aliphatic carbocycles. The number of anilines is 1. The van der Waals surface area contributed by atoms with Crippen molar-refractivity contribution in [2.45, 2.75) is 62.5 Å². The van der Waals surface area contributed by atoms with Crippen LogP contribution in [0.1, 0.15) is 62.1 Å². The van der Waals surface area contributed by atoms with E-state index in [1.807, 2.05) is 37.3 Å². The van der Waals surface area contributed by atoms with Crippen LogP contribution in [0.15, 0.2) is 30.3 Å². The lowest BCUT2D eigenvalue weighted by Gasteiger charge is -2.24. The number of nitrogens with zero attached hydrogens (tertiary/aromatic N) is 1. The standard InChI is InChI=1S/C24H30N4O5/c1-24(8-9-31-14-24)26-23(30)33-17-7-6-15(10-17)19-12-21(28-27-19)25-22(29)11-16-13-32-20-5-3-2-4-18(16)20/h2-5,12,15-17H,6-11,13-14H2,1H3,(H,26,30)(H2,25,27,28,29)/t15-,16?,17+,24?/m0/s1.